The summed E-state index contributed by atoms with van der Waals surface area (Å²) in [5.74, 6) is 0.773. The van der Waals surface area contributed by atoms with Crippen LogP contribution in [0.25, 0.3) is 10.9 Å². The summed E-state index contributed by atoms with van der Waals surface area (Å²) in [6.07, 6.45) is 4.08. The number of piperidine rings is 1. The van der Waals surface area contributed by atoms with Gasteiger partial charge in [-0.1, -0.05) is 18.2 Å². The number of hydrogen-bond donors (Lipinski definition) is 1. The Labute approximate surface area is 124 Å². The fourth-order valence-corrected chi connectivity index (χ4v) is 3.14. The third-order valence-corrected chi connectivity index (χ3v) is 4.19. The van der Waals surface area contributed by atoms with Gasteiger partial charge in [0, 0.05) is 24.6 Å². The minimum atomic E-state index is 0.177. The maximum Gasteiger partial charge on any atom is 0.147 e. The average Bonchev–Trinajstić information content (AvgIpc) is 2.54. The first-order valence-corrected chi connectivity index (χ1v) is 7.51. The molecule has 2 heterocycles. The normalized spacial score (nSPS) is 18.7. The lowest BCUT2D eigenvalue weighted by Gasteiger charge is -2.37. The molecule has 1 aromatic heterocycles. The average molecular weight is 281 g/mol. The van der Waals surface area contributed by atoms with Crippen molar-refractivity contribution in [3.05, 3.63) is 35.9 Å². The number of fused-ring (bicyclic) bond motifs is 1. The Balaban J connectivity index is 2.07. The van der Waals surface area contributed by atoms with Crippen LogP contribution in [0.15, 0.2) is 30.3 Å². The molecular weight excluding hydrogens is 262 g/mol. The standard InChI is InChI=1S/C17H19N3O/c18-12-14-11-13-5-1-2-7-16(13)19-17(14)20-9-4-3-6-15(20)8-10-21/h1-2,5,7,11,15,21H,3-4,6,8-10H2. The number of anilines is 1. The summed E-state index contributed by atoms with van der Waals surface area (Å²) in [4.78, 5) is 6.94. The van der Waals surface area contributed by atoms with E-state index in [0.29, 0.717) is 5.56 Å². The smallest absolute Gasteiger partial charge is 0.147 e. The third kappa shape index (κ3) is 2.70. The van der Waals surface area contributed by atoms with E-state index in [2.05, 4.69) is 11.0 Å². The van der Waals surface area contributed by atoms with Gasteiger partial charge in [0.1, 0.15) is 11.9 Å². The molecule has 0 saturated carbocycles. The first-order chi connectivity index (χ1) is 10.3. The van der Waals surface area contributed by atoms with E-state index in [-0.39, 0.29) is 12.6 Å². The number of rotatable bonds is 3. The second kappa shape index (κ2) is 6.11. The maximum atomic E-state index is 9.46. The first-order valence-electron chi connectivity index (χ1n) is 7.51. The van der Waals surface area contributed by atoms with Crippen LogP contribution in [0.4, 0.5) is 5.82 Å². The number of nitriles is 1. The zero-order valence-electron chi connectivity index (χ0n) is 12.0. The lowest BCUT2D eigenvalue weighted by atomic mass is 9.98. The SMILES string of the molecule is N#Cc1cc2ccccc2nc1N1CCCCC1CCO. The van der Waals surface area contributed by atoms with Crippen LogP contribution in [0.1, 0.15) is 31.2 Å². The number of aliphatic hydroxyl groups excluding tert-OH is 1. The van der Waals surface area contributed by atoms with Gasteiger partial charge in [0.15, 0.2) is 0 Å². The van der Waals surface area contributed by atoms with E-state index in [1.54, 1.807) is 0 Å². The predicted molar refractivity (Wildman–Crippen MR) is 83.1 cm³/mol. The highest BCUT2D eigenvalue weighted by atomic mass is 16.3. The van der Waals surface area contributed by atoms with E-state index in [1.807, 2.05) is 30.3 Å². The Kier molecular flexibility index (Phi) is 4.03. The molecule has 0 aliphatic carbocycles. The van der Waals surface area contributed by atoms with Crippen molar-refractivity contribution in [2.24, 2.45) is 0 Å². The molecule has 1 aliphatic heterocycles. The van der Waals surface area contributed by atoms with E-state index < -0.39 is 0 Å². The van der Waals surface area contributed by atoms with Crippen LogP contribution in [-0.4, -0.2) is 29.3 Å². The van der Waals surface area contributed by atoms with Gasteiger partial charge in [0.2, 0.25) is 0 Å². The molecule has 3 rings (SSSR count). The van der Waals surface area contributed by atoms with Gasteiger partial charge in [-0.15, -0.1) is 0 Å². The van der Waals surface area contributed by atoms with Crippen molar-refractivity contribution >= 4 is 16.7 Å². The molecular formula is C17H19N3O. The molecule has 0 radical (unpaired) electrons. The summed E-state index contributed by atoms with van der Waals surface area (Å²) in [7, 11) is 0. The largest absolute Gasteiger partial charge is 0.396 e. The molecule has 108 valence electrons. The molecule has 4 nitrogen and oxygen atoms in total. The Morgan fingerprint density at radius 1 is 1.33 bits per heavy atom. The number of benzene rings is 1. The number of hydrogen-bond acceptors (Lipinski definition) is 4. The number of aromatic nitrogens is 1. The van der Waals surface area contributed by atoms with Crippen molar-refractivity contribution in [1.29, 1.82) is 5.26 Å². The minimum Gasteiger partial charge on any atom is -0.396 e. The van der Waals surface area contributed by atoms with Crippen molar-refractivity contribution in [1.82, 2.24) is 4.98 Å². The summed E-state index contributed by atoms with van der Waals surface area (Å²) in [6, 6.07) is 12.4. The molecule has 0 bridgehead atoms. The Morgan fingerprint density at radius 2 is 2.19 bits per heavy atom. The maximum absolute atomic E-state index is 9.46. The number of nitrogens with zero attached hydrogens (tertiary/aromatic N) is 3. The van der Waals surface area contributed by atoms with E-state index >= 15 is 0 Å². The molecule has 0 spiro atoms. The highest BCUT2D eigenvalue weighted by molar-refractivity contribution is 5.83. The lowest BCUT2D eigenvalue weighted by Crippen LogP contribution is -2.41. The van der Waals surface area contributed by atoms with E-state index in [1.165, 1.54) is 6.42 Å². The topological polar surface area (TPSA) is 60.2 Å². The molecule has 2 aromatic rings. The number of aliphatic hydroxyl groups is 1. The molecule has 21 heavy (non-hydrogen) atoms. The zero-order chi connectivity index (χ0) is 14.7. The second-order valence-electron chi connectivity index (χ2n) is 5.52. The minimum absolute atomic E-state index is 0.177. The molecule has 1 atom stereocenters. The van der Waals surface area contributed by atoms with E-state index in [9.17, 15) is 10.4 Å². The number of pyridine rings is 1. The van der Waals surface area contributed by atoms with Crippen LogP contribution >= 0.6 is 0 Å². The van der Waals surface area contributed by atoms with Gasteiger partial charge in [0.05, 0.1) is 11.1 Å². The van der Waals surface area contributed by atoms with Crippen LogP contribution in [0.2, 0.25) is 0 Å². The molecule has 1 aliphatic rings. The van der Waals surface area contributed by atoms with Gasteiger partial charge in [-0.05, 0) is 37.8 Å². The quantitative estimate of drug-likeness (QED) is 0.939. The molecule has 0 amide bonds. The van der Waals surface area contributed by atoms with Crippen molar-refractivity contribution < 1.29 is 5.11 Å². The molecule has 1 saturated heterocycles. The molecule has 1 aromatic carbocycles. The monoisotopic (exact) mass is 281 g/mol. The van der Waals surface area contributed by atoms with E-state index in [4.69, 9.17) is 4.98 Å². The molecule has 1 unspecified atom stereocenters. The Bertz CT molecular complexity index is 675. The summed E-state index contributed by atoms with van der Waals surface area (Å²) in [5, 5.41) is 19.7. The van der Waals surface area contributed by atoms with Crippen molar-refractivity contribution in [3.63, 3.8) is 0 Å². The van der Waals surface area contributed by atoms with Crippen molar-refractivity contribution in [2.45, 2.75) is 31.7 Å². The molecule has 1 fully saturated rings. The lowest BCUT2D eigenvalue weighted by molar-refractivity contribution is 0.262. The Morgan fingerprint density at radius 3 is 3.00 bits per heavy atom. The highest BCUT2D eigenvalue weighted by Gasteiger charge is 2.25. The molecule has 4 heteroatoms. The van der Waals surface area contributed by atoms with Gasteiger partial charge in [-0.2, -0.15) is 5.26 Å². The molecule has 1 N–H and O–H groups in total. The zero-order valence-corrected chi connectivity index (χ0v) is 12.0. The van der Waals surface area contributed by atoms with Gasteiger partial charge in [-0.3, -0.25) is 0 Å². The summed E-state index contributed by atoms with van der Waals surface area (Å²) in [5.41, 5.74) is 1.54. The van der Waals surface area contributed by atoms with Gasteiger partial charge < -0.3 is 10.0 Å². The van der Waals surface area contributed by atoms with Crippen LogP contribution in [0.5, 0.6) is 0 Å². The summed E-state index contributed by atoms with van der Waals surface area (Å²) < 4.78 is 0. The first kappa shape index (κ1) is 13.8. The highest BCUT2D eigenvalue weighted by Crippen LogP contribution is 2.29. The number of para-hydroxylation sites is 1. The summed E-state index contributed by atoms with van der Waals surface area (Å²) in [6.45, 7) is 1.08. The van der Waals surface area contributed by atoms with E-state index in [0.717, 1.165) is 42.5 Å². The Hall–Kier alpha value is -2.12. The van der Waals surface area contributed by atoms with Crippen LogP contribution < -0.4 is 4.90 Å². The third-order valence-electron chi connectivity index (χ3n) is 4.19. The van der Waals surface area contributed by atoms with Crippen molar-refractivity contribution in [3.8, 4) is 6.07 Å². The van der Waals surface area contributed by atoms with Gasteiger partial charge >= 0.3 is 0 Å². The second-order valence-corrected chi connectivity index (χ2v) is 5.52. The van der Waals surface area contributed by atoms with Gasteiger partial charge in [0.25, 0.3) is 0 Å². The van der Waals surface area contributed by atoms with Crippen LogP contribution in [0.3, 0.4) is 0 Å². The van der Waals surface area contributed by atoms with Gasteiger partial charge in [-0.25, -0.2) is 4.98 Å². The van der Waals surface area contributed by atoms with Crippen LogP contribution in [-0.2, 0) is 0 Å². The predicted octanol–water partition coefficient (Wildman–Crippen LogP) is 2.85. The fraction of sp³-hybridized carbons (Fsp3) is 0.412. The fourth-order valence-electron chi connectivity index (χ4n) is 3.14. The summed E-state index contributed by atoms with van der Waals surface area (Å²) >= 11 is 0. The van der Waals surface area contributed by atoms with Crippen molar-refractivity contribution in [2.75, 3.05) is 18.1 Å². The van der Waals surface area contributed by atoms with Crippen LogP contribution in [0, 0.1) is 11.3 Å².